The van der Waals surface area contributed by atoms with Crippen molar-refractivity contribution < 1.29 is 24.5 Å². The molecule has 1 aliphatic carbocycles. The van der Waals surface area contributed by atoms with Crippen molar-refractivity contribution in [2.75, 3.05) is 26.4 Å². The first-order valence-corrected chi connectivity index (χ1v) is 13.4. The molecule has 1 atom stereocenters. The molecule has 0 aromatic heterocycles. The normalized spacial score (nSPS) is 19.9. The molecule has 1 saturated carbocycles. The minimum Gasteiger partial charge on any atom is -0.494 e. The Bertz CT molecular complexity index is 1190. The maximum Gasteiger partial charge on any atom is 0.266 e. The summed E-state index contributed by atoms with van der Waals surface area (Å²) in [6.07, 6.45) is 5.20. The van der Waals surface area contributed by atoms with Crippen LogP contribution in [0.15, 0.2) is 58.6 Å². The summed E-state index contributed by atoms with van der Waals surface area (Å²) in [4.78, 5) is 21.3. The van der Waals surface area contributed by atoms with E-state index in [0.717, 1.165) is 30.4 Å². The zero-order valence-electron chi connectivity index (χ0n) is 22.0. The van der Waals surface area contributed by atoms with Crippen LogP contribution in [0.3, 0.4) is 0 Å². The van der Waals surface area contributed by atoms with Gasteiger partial charge in [-0.05, 0) is 53.8 Å². The van der Waals surface area contributed by atoms with Crippen molar-refractivity contribution in [3.05, 3.63) is 75.7 Å². The summed E-state index contributed by atoms with van der Waals surface area (Å²) in [5.41, 5.74) is 14.7. The number of ether oxygens (including phenoxy) is 2. The quantitative estimate of drug-likeness (QED) is 0.101. The lowest BCUT2D eigenvalue weighted by Gasteiger charge is -2.33. The fourth-order valence-corrected chi connectivity index (χ4v) is 4.93. The smallest absolute Gasteiger partial charge is 0.266 e. The summed E-state index contributed by atoms with van der Waals surface area (Å²) in [5, 5.41) is 23.5. The van der Waals surface area contributed by atoms with Crippen LogP contribution in [0.2, 0.25) is 0 Å². The summed E-state index contributed by atoms with van der Waals surface area (Å²) in [6.45, 7) is 0.897. The molecule has 2 aliphatic rings. The van der Waals surface area contributed by atoms with Gasteiger partial charge in [0, 0.05) is 36.5 Å². The molecule has 4 N–H and O–H groups in total. The minimum absolute atomic E-state index is 0.0186. The van der Waals surface area contributed by atoms with Crippen molar-refractivity contribution in [2.45, 2.75) is 62.6 Å². The number of hydrogen-bond acceptors (Lipinski definition) is 8. The average Bonchev–Trinajstić information content (AvgIpc) is 3.38. The average molecular weight is 537 g/mol. The number of nitrogens with one attached hydrogen (secondary N) is 2. The van der Waals surface area contributed by atoms with Gasteiger partial charge in [0.25, 0.3) is 5.91 Å². The molecule has 1 fully saturated rings. The number of azide groups is 1. The predicted octanol–water partition coefficient (Wildman–Crippen LogP) is 3.33. The van der Waals surface area contributed by atoms with E-state index in [1.54, 1.807) is 12.1 Å². The first-order valence-electron chi connectivity index (χ1n) is 13.4. The fraction of sp³-hybridized carbons (Fsp3) is 0.500. The van der Waals surface area contributed by atoms with Gasteiger partial charge in [0.15, 0.2) is 5.54 Å². The van der Waals surface area contributed by atoms with Crippen LogP contribution in [-0.4, -0.2) is 59.5 Å². The Morgan fingerprint density at radius 2 is 1.87 bits per heavy atom. The molecule has 208 valence electrons. The summed E-state index contributed by atoms with van der Waals surface area (Å²) < 4.78 is 11.6. The van der Waals surface area contributed by atoms with Crippen LogP contribution in [0.25, 0.3) is 10.4 Å². The van der Waals surface area contributed by atoms with Gasteiger partial charge in [-0.2, -0.15) is 0 Å². The highest BCUT2D eigenvalue weighted by atomic mass is 16.5. The van der Waals surface area contributed by atoms with Gasteiger partial charge >= 0.3 is 0 Å². The molecule has 11 heteroatoms. The molecule has 1 heterocycles. The van der Waals surface area contributed by atoms with Gasteiger partial charge in [-0.3, -0.25) is 10.2 Å². The Kier molecular flexibility index (Phi) is 9.78. The molecule has 2 aromatic carbocycles. The fourth-order valence-electron chi connectivity index (χ4n) is 4.93. The predicted molar refractivity (Wildman–Crippen MR) is 146 cm³/mol. The number of carbonyl (C=O) groups excluding carboxylic acids is 1. The lowest BCUT2D eigenvalue weighted by atomic mass is 9.85. The van der Waals surface area contributed by atoms with Gasteiger partial charge in [-0.1, -0.05) is 48.6 Å². The van der Waals surface area contributed by atoms with Crippen molar-refractivity contribution in [2.24, 2.45) is 10.1 Å². The van der Waals surface area contributed by atoms with Crippen molar-refractivity contribution >= 4 is 11.8 Å². The van der Waals surface area contributed by atoms with Crippen molar-refractivity contribution in [3.63, 3.8) is 0 Å². The van der Waals surface area contributed by atoms with Crippen LogP contribution in [0.5, 0.6) is 5.75 Å². The van der Waals surface area contributed by atoms with E-state index in [2.05, 4.69) is 20.9 Å². The first kappa shape index (κ1) is 28.4. The molecule has 1 aliphatic heterocycles. The maximum atomic E-state index is 13.7. The highest BCUT2D eigenvalue weighted by Gasteiger charge is 2.45. The Hall–Kier alpha value is -3.63. The van der Waals surface area contributed by atoms with Crippen LogP contribution in [0.1, 0.15) is 55.2 Å². The second-order valence-corrected chi connectivity index (χ2v) is 10.1. The maximum absolute atomic E-state index is 13.7. The van der Waals surface area contributed by atoms with Crippen LogP contribution in [0, 0.1) is 0 Å². The summed E-state index contributed by atoms with van der Waals surface area (Å²) in [6, 6.07) is 14.7. The number of hydrogen-bond donors (Lipinski definition) is 4. The van der Waals surface area contributed by atoms with E-state index in [-0.39, 0.29) is 38.6 Å². The minimum atomic E-state index is -1.28. The molecule has 39 heavy (non-hydrogen) atoms. The largest absolute Gasteiger partial charge is 0.494 e. The van der Waals surface area contributed by atoms with E-state index < -0.39 is 11.1 Å². The van der Waals surface area contributed by atoms with Gasteiger partial charge in [0.1, 0.15) is 12.4 Å². The second kappa shape index (κ2) is 13.4. The molecule has 0 bridgehead atoms. The second-order valence-electron chi connectivity index (χ2n) is 10.1. The van der Waals surface area contributed by atoms with Gasteiger partial charge < -0.3 is 19.7 Å². The molecule has 4 rings (SSSR count). The van der Waals surface area contributed by atoms with E-state index in [4.69, 9.17) is 25.1 Å². The van der Waals surface area contributed by atoms with Crippen LogP contribution in [-0.2, 0) is 22.5 Å². The van der Waals surface area contributed by atoms with Gasteiger partial charge in [-0.25, -0.2) is 10.4 Å². The van der Waals surface area contributed by atoms with E-state index in [0.29, 0.717) is 43.1 Å². The highest BCUT2D eigenvalue weighted by molar-refractivity contribution is 6.00. The molecule has 1 amide bonds. The SMILES string of the molecule is [N-]=[N+]=NCc1ccccc1C[C@@]1(C(=O)NNCC2(O)CCCCC2)COC(c2ccc(OCCCO)cc2)=N1. The molecule has 0 spiro atoms. The molecule has 0 unspecified atom stereocenters. The van der Waals surface area contributed by atoms with Gasteiger partial charge in [0.05, 0.1) is 18.8 Å². The van der Waals surface area contributed by atoms with Crippen LogP contribution in [0.4, 0.5) is 0 Å². The van der Waals surface area contributed by atoms with Crippen LogP contribution < -0.4 is 15.6 Å². The lowest BCUT2D eigenvalue weighted by molar-refractivity contribution is -0.128. The topological polar surface area (TPSA) is 161 Å². The number of benzene rings is 2. The number of rotatable bonds is 13. The monoisotopic (exact) mass is 536 g/mol. The molecule has 11 nitrogen and oxygen atoms in total. The van der Waals surface area contributed by atoms with Gasteiger partial charge in [0.2, 0.25) is 5.90 Å². The van der Waals surface area contributed by atoms with E-state index in [1.807, 2.05) is 36.4 Å². The van der Waals surface area contributed by atoms with Crippen LogP contribution >= 0.6 is 0 Å². The van der Waals surface area contributed by atoms with Crippen molar-refractivity contribution in [1.29, 1.82) is 0 Å². The zero-order valence-corrected chi connectivity index (χ0v) is 22.0. The number of aliphatic hydroxyl groups excluding tert-OH is 1. The Balaban J connectivity index is 1.55. The Labute approximate surface area is 227 Å². The van der Waals surface area contributed by atoms with E-state index >= 15 is 0 Å². The third kappa shape index (κ3) is 7.48. The summed E-state index contributed by atoms with van der Waals surface area (Å²) in [7, 11) is 0. The molecular weight excluding hydrogens is 500 g/mol. The number of nitrogens with zero attached hydrogens (tertiary/aromatic N) is 4. The van der Waals surface area contributed by atoms with E-state index in [9.17, 15) is 9.90 Å². The summed E-state index contributed by atoms with van der Waals surface area (Å²) in [5.74, 6) is 0.622. The number of hydrazine groups is 1. The Morgan fingerprint density at radius 1 is 1.13 bits per heavy atom. The molecule has 0 radical (unpaired) electrons. The summed E-state index contributed by atoms with van der Waals surface area (Å²) >= 11 is 0. The standard InChI is InChI=1S/C28H36N6O5/c29-34-30-18-23-8-3-2-7-22(23)17-28(26(36)33-31-19-27(37)13-4-1-5-14-27)20-39-25(32-28)21-9-11-24(12-10-21)38-16-6-15-35/h2-3,7-12,31,35,37H,1,4-6,13-20H2,(H,33,36)/t28-/m0/s1. The number of amides is 1. The number of aliphatic hydroxyl groups is 2. The molecule has 2 aromatic rings. The Morgan fingerprint density at radius 3 is 2.59 bits per heavy atom. The van der Waals surface area contributed by atoms with E-state index in [1.165, 1.54) is 0 Å². The van der Waals surface area contributed by atoms with Gasteiger partial charge in [-0.15, -0.1) is 0 Å². The molecule has 0 saturated heterocycles. The van der Waals surface area contributed by atoms with Crippen molar-refractivity contribution in [1.82, 2.24) is 10.9 Å². The third-order valence-corrected chi connectivity index (χ3v) is 7.17. The number of carbonyl (C=O) groups is 1. The molecular formula is C28H36N6O5. The van der Waals surface area contributed by atoms with Crippen molar-refractivity contribution in [3.8, 4) is 5.75 Å². The number of aliphatic imine (C=N–C) groups is 1. The third-order valence-electron chi connectivity index (χ3n) is 7.17. The first-order chi connectivity index (χ1) is 19.0. The zero-order chi connectivity index (χ0) is 27.6. The lowest BCUT2D eigenvalue weighted by Crippen LogP contribution is -2.56. The highest BCUT2D eigenvalue weighted by Crippen LogP contribution is 2.30.